The zero-order valence-electron chi connectivity index (χ0n) is 9.67. The maximum atomic E-state index is 6.03. The molecule has 1 heterocycles. The molecule has 0 unspecified atom stereocenters. The Bertz CT molecular complexity index is 734. The minimum atomic E-state index is 0.776. The van der Waals surface area contributed by atoms with E-state index >= 15 is 0 Å². The van der Waals surface area contributed by atoms with Crippen LogP contribution in [0.15, 0.2) is 40.9 Å². The third kappa shape index (κ3) is 2.04. The molecule has 0 fully saturated rings. The van der Waals surface area contributed by atoms with E-state index in [4.69, 9.17) is 11.6 Å². The summed E-state index contributed by atoms with van der Waals surface area (Å²) in [6, 6.07) is 11.9. The summed E-state index contributed by atoms with van der Waals surface area (Å²) in [6.07, 6.45) is 0. The van der Waals surface area contributed by atoms with E-state index in [0.717, 1.165) is 37.5 Å². The molecule has 3 aromatic rings. The first-order valence-electron chi connectivity index (χ1n) is 5.55. The first kappa shape index (κ1) is 11.8. The maximum absolute atomic E-state index is 6.03. The van der Waals surface area contributed by atoms with E-state index in [1.807, 2.05) is 43.3 Å². The minimum absolute atomic E-state index is 0.776. The second-order valence-corrected chi connectivity index (χ2v) is 5.53. The summed E-state index contributed by atoms with van der Waals surface area (Å²) >= 11 is 9.48. The van der Waals surface area contributed by atoms with E-state index in [0.29, 0.717) is 0 Å². The Morgan fingerprint density at radius 2 is 2.00 bits per heavy atom. The average Bonchev–Trinajstić information content (AvgIpc) is 2.75. The number of nitrogens with one attached hydrogen (secondary N) is 1. The fourth-order valence-electron chi connectivity index (χ4n) is 1.91. The number of H-pyrrole nitrogens is 1. The molecular formula is C14H10BrClN2. The molecule has 0 saturated carbocycles. The van der Waals surface area contributed by atoms with Gasteiger partial charge in [0.25, 0.3) is 0 Å². The second kappa shape index (κ2) is 4.41. The number of fused-ring (bicyclic) bond motifs is 1. The molecule has 0 aliphatic carbocycles. The van der Waals surface area contributed by atoms with E-state index in [2.05, 4.69) is 25.9 Å². The fraction of sp³-hybridized carbons (Fsp3) is 0.0714. The van der Waals surface area contributed by atoms with Gasteiger partial charge in [0.05, 0.1) is 11.0 Å². The molecule has 1 N–H and O–H groups in total. The first-order valence-corrected chi connectivity index (χ1v) is 6.72. The Morgan fingerprint density at radius 3 is 2.78 bits per heavy atom. The number of aromatic nitrogens is 2. The normalized spacial score (nSPS) is 11.1. The molecule has 0 radical (unpaired) electrons. The molecule has 0 amide bonds. The predicted molar refractivity (Wildman–Crippen MR) is 79.0 cm³/mol. The van der Waals surface area contributed by atoms with Gasteiger partial charge in [-0.1, -0.05) is 27.5 Å². The largest absolute Gasteiger partial charge is 0.338 e. The zero-order chi connectivity index (χ0) is 12.7. The van der Waals surface area contributed by atoms with Crippen LogP contribution in [0.1, 0.15) is 5.56 Å². The number of benzene rings is 2. The Labute approximate surface area is 118 Å². The summed E-state index contributed by atoms with van der Waals surface area (Å²) < 4.78 is 1.04. The molecule has 0 bridgehead atoms. The fourth-order valence-corrected chi connectivity index (χ4v) is 2.39. The topological polar surface area (TPSA) is 28.7 Å². The van der Waals surface area contributed by atoms with Gasteiger partial charge < -0.3 is 4.98 Å². The molecule has 3 rings (SSSR count). The third-order valence-electron chi connectivity index (χ3n) is 2.88. The van der Waals surface area contributed by atoms with Crippen LogP contribution in [-0.2, 0) is 0 Å². The molecular weight excluding hydrogens is 312 g/mol. The summed E-state index contributed by atoms with van der Waals surface area (Å²) in [6.45, 7) is 1.99. The summed E-state index contributed by atoms with van der Waals surface area (Å²) in [5, 5.41) is 0.776. The Kier molecular flexibility index (Phi) is 2.88. The molecule has 0 saturated heterocycles. The maximum Gasteiger partial charge on any atom is 0.138 e. The molecule has 0 aliphatic heterocycles. The van der Waals surface area contributed by atoms with Crippen LogP contribution in [0.5, 0.6) is 0 Å². The highest BCUT2D eigenvalue weighted by Gasteiger charge is 2.06. The molecule has 4 heteroatoms. The van der Waals surface area contributed by atoms with Crippen LogP contribution in [0.25, 0.3) is 22.4 Å². The molecule has 2 nitrogen and oxygen atoms in total. The van der Waals surface area contributed by atoms with Crippen LogP contribution >= 0.6 is 27.5 Å². The van der Waals surface area contributed by atoms with Crippen molar-refractivity contribution in [3.8, 4) is 11.4 Å². The van der Waals surface area contributed by atoms with Crippen molar-refractivity contribution < 1.29 is 0 Å². The lowest BCUT2D eigenvalue weighted by Gasteiger charge is -2.00. The van der Waals surface area contributed by atoms with Crippen molar-refractivity contribution in [2.75, 3.05) is 0 Å². The van der Waals surface area contributed by atoms with Gasteiger partial charge in [0.1, 0.15) is 5.82 Å². The lowest BCUT2D eigenvalue weighted by atomic mass is 10.1. The molecule has 90 valence electrons. The van der Waals surface area contributed by atoms with Gasteiger partial charge in [-0.2, -0.15) is 0 Å². The van der Waals surface area contributed by atoms with Crippen molar-refractivity contribution in [2.45, 2.75) is 6.92 Å². The molecule has 0 aliphatic rings. The van der Waals surface area contributed by atoms with Gasteiger partial charge >= 0.3 is 0 Å². The zero-order valence-corrected chi connectivity index (χ0v) is 12.0. The number of imidazole rings is 1. The van der Waals surface area contributed by atoms with Gasteiger partial charge in [-0.05, 0) is 48.9 Å². The van der Waals surface area contributed by atoms with E-state index in [1.165, 1.54) is 0 Å². The smallest absolute Gasteiger partial charge is 0.138 e. The summed E-state index contributed by atoms with van der Waals surface area (Å²) in [5.41, 5.74) is 4.08. The van der Waals surface area contributed by atoms with Crippen LogP contribution in [0, 0.1) is 6.92 Å². The molecule has 1 aromatic heterocycles. The average molecular weight is 322 g/mol. The van der Waals surface area contributed by atoms with E-state index in [1.54, 1.807) is 0 Å². The van der Waals surface area contributed by atoms with Crippen molar-refractivity contribution in [1.29, 1.82) is 0 Å². The monoisotopic (exact) mass is 320 g/mol. The molecule has 18 heavy (non-hydrogen) atoms. The predicted octanol–water partition coefficient (Wildman–Crippen LogP) is 4.95. The Morgan fingerprint density at radius 1 is 1.17 bits per heavy atom. The quantitative estimate of drug-likeness (QED) is 0.674. The summed E-state index contributed by atoms with van der Waals surface area (Å²) in [4.78, 5) is 7.89. The van der Waals surface area contributed by atoms with Crippen molar-refractivity contribution in [2.24, 2.45) is 0 Å². The number of halogens is 2. The number of aryl methyl sites for hydroxylation is 1. The summed E-state index contributed by atoms with van der Waals surface area (Å²) in [7, 11) is 0. The number of rotatable bonds is 1. The number of nitrogens with zero attached hydrogens (tertiary/aromatic N) is 1. The van der Waals surface area contributed by atoms with Gasteiger partial charge in [0.15, 0.2) is 0 Å². The van der Waals surface area contributed by atoms with Crippen molar-refractivity contribution in [1.82, 2.24) is 9.97 Å². The Balaban J connectivity index is 2.16. The van der Waals surface area contributed by atoms with Gasteiger partial charge in [-0.25, -0.2) is 4.98 Å². The van der Waals surface area contributed by atoms with Crippen molar-refractivity contribution in [3.05, 3.63) is 51.5 Å². The van der Waals surface area contributed by atoms with E-state index in [-0.39, 0.29) is 0 Å². The molecule has 0 spiro atoms. The van der Waals surface area contributed by atoms with Crippen molar-refractivity contribution in [3.63, 3.8) is 0 Å². The first-order chi connectivity index (χ1) is 8.63. The van der Waals surface area contributed by atoms with Crippen LogP contribution in [-0.4, -0.2) is 9.97 Å². The van der Waals surface area contributed by atoms with Gasteiger partial charge in [-0.15, -0.1) is 0 Å². The standard InChI is InChI=1S/C14H10BrClN2/c1-8-6-9(2-4-11(8)16)14-17-12-5-3-10(15)7-13(12)18-14/h2-7H,1H3,(H,17,18). The van der Waals surface area contributed by atoms with Crippen LogP contribution < -0.4 is 0 Å². The van der Waals surface area contributed by atoms with Crippen molar-refractivity contribution >= 4 is 38.6 Å². The highest BCUT2D eigenvalue weighted by atomic mass is 79.9. The van der Waals surface area contributed by atoms with E-state index in [9.17, 15) is 0 Å². The summed E-state index contributed by atoms with van der Waals surface area (Å²) in [5.74, 6) is 0.864. The Hall–Kier alpha value is -1.32. The van der Waals surface area contributed by atoms with Gasteiger partial charge in [-0.3, -0.25) is 0 Å². The number of aromatic amines is 1. The van der Waals surface area contributed by atoms with Gasteiger partial charge in [0, 0.05) is 15.1 Å². The lowest BCUT2D eigenvalue weighted by molar-refractivity contribution is 1.32. The highest BCUT2D eigenvalue weighted by molar-refractivity contribution is 9.10. The number of hydrogen-bond donors (Lipinski definition) is 1. The van der Waals surface area contributed by atoms with Gasteiger partial charge in [0.2, 0.25) is 0 Å². The SMILES string of the molecule is Cc1cc(-c2nc3ccc(Br)cc3[nH]2)ccc1Cl. The second-order valence-electron chi connectivity index (χ2n) is 4.21. The third-order valence-corrected chi connectivity index (χ3v) is 3.79. The minimum Gasteiger partial charge on any atom is -0.338 e. The number of hydrogen-bond acceptors (Lipinski definition) is 1. The molecule has 2 aromatic carbocycles. The lowest BCUT2D eigenvalue weighted by Crippen LogP contribution is -1.82. The van der Waals surface area contributed by atoms with Crippen LogP contribution in [0.4, 0.5) is 0 Å². The molecule has 0 atom stereocenters. The van der Waals surface area contributed by atoms with Crippen LogP contribution in [0.2, 0.25) is 5.02 Å². The van der Waals surface area contributed by atoms with E-state index < -0.39 is 0 Å². The van der Waals surface area contributed by atoms with Crippen LogP contribution in [0.3, 0.4) is 0 Å². The highest BCUT2D eigenvalue weighted by Crippen LogP contribution is 2.26.